The highest BCUT2D eigenvalue weighted by molar-refractivity contribution is 6.17. The summed E-state index contributed by atoms with van der Waals surface area (Å²) in [5, 5.41) is 0. The molecule has 4 heteroatoms. The SMILES string of the molecule is CC(=O)c1ccc(F)cc1OCCl. The van der Waals surface area contributed by atoms with E-state index >= 15 is 0 Å². The molecule has 0 amide bonds. The molecule has 1 rings (SSSR count). The summed E-state index contributed by atoms with van der Waals surface area (Å²) in [4.78, 5) is 11.0. The topological polar surface area (TPSA) is 26.3 Å². The second-order valence-electron chi connectivity index (χ2n) is 2.45. The molecule has 0 saturated heterocycles. The summed E-state index contributed by atoms with van der Waals surface area (Å²) in [5.74, 6) is -0.451. The number of carbonyl (C=O) groups is 1. The van der Waals surface area contributed by atoms with Gasteiger partial charge in [-0.15, -0.1) is 0 Å². The van der Waals surface area contributed by atoms with Crippen molar-refractivity contribution in [2.45, 2.75) is 6.92 Å². The molecule has 0 aliphatic carbocycles. The van der Waals surface area contributed by atoms with Crippen molar-refractivity contribution in [1.29, 1.82) is 0 Å². The van der Waals surface area contributed by atoms with Gasteiger partial charge in [-0.25, -0.2) is 4.39 Å². The summed E-state index contributed by atoms with van der Waals surface area (Å²) in [6.45, 7) is 1.38. The number of ketones is 1. The summed E-state index contributed by atoms with van der Waals surface area (Å²) >= 11 is 5.31. The lowest BCUT2D eigenvalue weighted by Crippen LogP contribution is -1.99. The lowest BCUT2D eigenvalue weighted by atomic mass is 10.1. The van der Waals surface area contributed by atoms with Crippen molar-refractivity contribution >= 4 is 17.4 Å². The third kappa shape index (κ3) is 2.42. The molecule has 0 saturated carbocycles. The van der Waals surface area contributed by atoms with Crippen LogP contribution < -0.4 is 4.74 Å². The van der Waals surface area contributed by atoms with Crippen LogP contribution in [0, 0.1) is 5.82 Å². The molecule has 1 aromatic rings. The van der Waals surface area contributed by atoms with Gasteiger partial charge in [-0.1, -0.05) is 11.6 Å². The molecule has 0 N–H and O–H groups in total. The summed E-state index contributed by atoms with van der Waals surface area (Å²) in [7, 11) is 0. The fourth-order valence-corrected chi connectivity index (χ4v) is 1.08. The Morgan fingerprint density at radius 2 is 2.31 bits per heavy atom. The van der Waals surface area contributed by atoms with Crippen LogP contribution in [0.25, 0.3) is 0 Å². The average molecular weight is 203 g/mol. The molecule has 0 atom stereocenters. The largest absolute Gasteiger partial charge is 0.477 e. The van der Waals surface area contributed by atoms with E-state index in [-0.39, 0.29) is 17.6 Å². The number of rotatable bonds is 3. The first-order valence-corrected chi connectivity index (χ1v) is 4.18. The van der Waals surface area contributed by atoms with Crippen molar-refractivity contribution in [3.8, 4) is 5.75 Å². The Morgan fingerprint density at radius 3 is 2.85 bits per heavy atom. The normalized spacial score (nSPS) is 9.77. The third-order valence-corrected chi connectivity index (χ3v) is 1.64. The maximum atomic E-state index is 12.7. The summed E-state index contributed by atoms with van der Waals surface area (Å²) in [6, 6.07) is 3.61. The van der Waals surface area contributed by atoms with Crippen LogP contribution in [0.1, 0.15) is 17.3 Å². The first-order valence-electron chi connectivity index (χ1n) is 3.64. The van der Waals surface area contributed by atoms with Crippen molar-refractivity contribution in [3.05, 3.63) is 29.6 Å². The van der Waals surface area contributed by atoms with E-state index in [0.29, 0.717) is 5.56 Å². The number of hydrogen-bond donors (Lipinski definition) is 0. The molecule has 0 aliphatic heterocycles. The monoisotopic (exact) mass is 202 g/mol. The van der Waals surface area contributed by atoms with E-state index in [4.69, 9.17) is 16.3 Å². The summed E-state index contributed by atoms with van der Waals surface area (Å²) < 4.78 is 17.6. The Labute approximate surface area is 80.3 Å². The lowest BCUT2D eigenvalue weighted by molar-refractivity contribution is 0.101. The molecule has 0 heterocycles. The minimum absolute atomic E-state index is 0.107. The van der Waals surface area contributed by atoms with Crippen LogP contribution in [0.3, 0.4) is 0 Å². The second kappa shape index (κ2) is 4.23. The van der Waals surface area contributed by atoms with Crippen molar-refractivity contribution in [3.63, 3.8) is 0 Å². The zero-order chi connectivity index (χ0) is 9.84. The highest BCUT2D eigenvalue weighted by atomic mass is 35.5. The molecule has 0 aromatic heterocycles. The van der Waals surface area contributed by atoms with E-state index in [9.17, 15) is 9.18 Å². The molecule has 0 aliphatic rings. The van der Waals surface area contributed by atoms with Crippen molar-refractivity contribution in [1.82, 2.24) is 0 Å². The quantitative estimate of drug-likeness (QED) is 0.556. The predicted molar refractivity (Wildman–Crippen MR) is 47.8 cm³/mol. The van der Waals surface area contributed by atoms with E-state index in [1.54, 1.807) is 0 Å². The Morgan fingerprint density at radius 1 is 1.62 bits per heavy atom. The van der Waals surface area contributed by atoms with Gasteiger partial charge in [0.2, 0.25) is 0 Å². The van der Waals surface area contributed by atoms with Crippen LogP contribution in [0.4, 0.5) is 4.39 Å². The zero-order valence-corrected chi connectivity index (χ0v) is 7.77. The highest BCUT2D eigenvalue weighted by Crippen LogP contribution is 2.20. The maximum absolute atomic E-state index is 12.7. The predicted octanol–water partition coefficient (Wildman–Crippen LogP) is 2.60. The first kappa shape index (κ1) is 9.99. The molecule has 0 bridgehead atoms. The molecule has 0 fully saturated rings. The van der Waals surface area contributed by atoms with Crippen LogP contribution in [0.2, 0.25) is 0 Å². The van der Waals surface area contributed by atoms with Gasteiger partial charge in [-0.2, -0.15) is 0 Å². The third-order valence-electron chi connectivity index (χ3n) is 1.53. The fourth-order valence-electron chi connectivity index (χ4n) is 0.965. The molecule has 70 valence electrons. The van der Waals surface area contributed by atoms with Gasteiger partial charge in [-0.3, -0.25) is 4.79 Å². The van der Waals surface area contributed by atoms with Gasteiger partial charge in [0.15, 0.2) is 11.8 Å². The number of carbonyl (C=O) groups excluding carboxylic acids is 1. The average Bonchev–Trinajstić information content (AvgIpc) is 2.04. The summed E-state index contributed by atoms with van der Waals surface area (Å²) in [5.41, 5.74) is 0.335. The Balaban J connectivity index is 3.10. The number of hydrogen-bond acceptors (Lipinski definition) is 2. The Kier molecular flexibility index (Phi) is 3.25. The minimum atomic E-state index is -0.454. The molecule has 0 unspecified atom stereocenters. The first-order chi connectivity index (χ1) is 6.15. The van der Waals surface area contributed by atoms with Gasteiger partial charge in [0.25, 0.3) is 0 Å². The van der Waals surface area contributed by atoms with E-state index in [1.807, 2.05) is 0 Å². The number of halogens is 2. The molecule has 2 nitrogen and oxygen atoms in total. The van der Waals surface area contributed by atoms with Crippen molar-refractivity contribution in [2.24, 2.45) is 0 Å². The van der Waals surface area contributed by atoms with Crippen molar-refractivity contribution < 1.29 is 13.9 Å². The minimum Gasteiger partial charge on any atom is -0.477 e. The zero-order valence-electron chi connectivity index (χ0n) is 7.01. The highest BCUT2D eigenvalue weighted by Gasteiger charge is 2.08. The van der Waals surface area contributed by atoms with E-state index in [2.05, 4.69) is 0 Å². The van der Waals surface area contributed by atoms with Gasteiger partial charge in [0, 0.05) is 6.07 Å². The molecule has 13 heavy (non-hydrogen) atoms. The van der Waals surface area contributed by atoms with Crippen LogP contribution in [-0.4, -0.2) is 11.8 Å². The van der Waals surface area contributed by atoms with Gasteiger partial charge >= 0.3 is 0 Å². The number of Topliss-reactive ketones (excluding diaryl/α,β-unsaturated/α-hetero) is 1. The van der Waals surface area contributed by atoms with E-state index in [1.165, 1.54) is 19.1 Å². The van der Waals surface area contributed by atoms with Crippen LogP contribution >= 0.6 is 11.6 Å². The van der Waals surface area contributed by atoms with Gasteiger partial charge in [0.05, 0.1) is 5.56 Å². The molecule has 0 spiro atoms. The molecule has 1 aromatic carbocycles. The van der Waals surface area contributed by atoms with Crippen LogP contribution in [-0.2, 0) is 0 Å². The number of alkyl halides is 1. The second-order valence-corrected chi connectivity index (χ2v) is 2.67. The van der Waals surface area contributed by atoms with Crippen LogP contribution in [0.5, 0.6) is 5.75 Å². The molecular weight excluding hydrogens is 195 g/mol. The van der Waals surface area contributed by atoms with E-state index in [0.717, 1.165) is 6.07 Å². The van der Waals surface area contributed by atoms with Gasteiger partial charge < -0.3 is 4.74 Å². The van der Waals surface area contributed by atoms with Gasteiger partial charge in [-0.05, 0) is 19.1 Å². The van der Waals surface area contributed by atoms with Gasteiger partial charge in [0.1, 0.15) is 11.6 Å². The fraction of sp³-hybridized carbons (Fsp3) is 0.222. The lowest BCUT2D eigenvalue weighted by Gasteiger charge is -2.06. The molecular formula is C9H8ClFO2. The van der Waals surface area contributed by atoms with Crippen LogP contribution in [0.15, 0.2) is 18.2 Å². The smallest absolute Gasteiger partial charge is 0.163 e. The summed E-state index contributed by atoms with van der Waals surface area (Å²) in [6.07, 6.45) is 0. The Hall–Kier alpha value is -1.09. The van der Waals surface area contributed by atoms with E-state index < -0.39 is 5.82 Å². The number of benzene rings is 1. The Bertz CT molecular complexity index is 325. The standard InChI is InChI=1S/C9H8ClFO2/c1-6(12)8-3-2-7(11)4-9(8)13-5-10/h2-4H,5H2,1H3. The number of ether oxygens (including phenoxy) is 1. The molecule has 0 radical (unpaired) electrons. The maximum Gasteiger partial charge on any atom is 0.163 e. The van der Waals surface area contributed by atoms with Crippen molar-refractivity contribution in [2.75, 3.05) is 6.07 Å².